The van der Waals surface area contributed by atoms with Crippen LogP contribution in [-0.2, 0) is 11.2 Å². The summed E-state index contributed by atoms with van der Waals surface area (Å²) in [6.07, 6.45) is 5.36. The van der Waals surface area contributed by atoms with Crippen molar-refractivity contribution in [1.82, 2.24) is 4.98 Å². The quantitative estimate of drug-likeness (QED) is 0.859. The summed E-state index contributed by atoms with van der Waals surface area (Å²) < 4.78 is 5.64. The first kappa shape index (κ1) is 17.5. The molecule has 0 aliphatic carbocycles. The lowest BCUT2D eigenvalue weighted by molar-refractivity contribution is 0.0568. The van der Waals surface area contributed by atoms with Gasteiger partial charge in [0.05, 0.1) is 17.4 Å². The van der Waals surface area contributed by atoms with Crippen LogP contribution in [0.5, 0.6) is 0 Å². The summed E-state index contributed by atoms with van der Waals surface area (Å²) in [5, 5.41) is 2.44. The third kappa shape index (κ3) is 4.20. The van der Waals surface area contributed by atoms with Crippen molar-refractivity contribution in [3.63, 3.8) is 0 Å². The molecule has 6 heteroatoms. The van der Waals surface area contributed by atoms with Crippen LogP contribution in [0.1, 0.15) is 38.4 Å². The third-order valence-electron chi connectivity index (χ3n) is 3.91. The zero-order chi connectivity index (χ0) is 18.0. The molecule has 1 aromatic carbocycles. The van der Waals surface area contributed by atoms with Crippen LogP contribution in [0.2, 0.25) is 0 Å². The van der Waals surface area contributed by atoms with Crippen LogP contribution < -0.4 is 10.6 Å². The van der Waals surface area contributed by atoms with Gasteiger partial charge in [-0.15, -0.1) is 11.3 Å². The van der Waals surface area contributed by atoms with Gasteiger partial charge >= 0.3 is 6.09 Å². The number of nitrogens with zero attached hydrogens (tertiary/aromatic N) is 2. The van der Waals surface area contributed by atoms with Crippen LogP contribution in [0, 0.1) is 0 Å². The molecule has 1 atom stereocenters. The third-order valence-corrected chi connectivity index (χ3v) is 4.60. The Morgan fingerprint density at radius 3 is 2.84 bits per heavy atom. The molecule has 0 spiro atoms. The number of carbonyl (C=O) groups is 1. The second kappa shape index (κ2) is 6.88. The van der Waals surface area contributed by atoms with Crippen molar-refractivity contribution in [2.24, 2.45) is 0 Å². The first-order chi connectivity index (χ1) is 11.8. The van der Waals surface area contributed by atoms with Gasteiger partial charge in [0.2, 0.25) is 0 Å². The van der Waals surface area contributed by atoms with Crippen molar-refractivity contribution < 1.29 is 9.53 Å². The fourth-order valence-electron chi connectivity index (χ4n) is 2.88. The van der Waals surface area contributed by atoms with E-state index in [1.807, 2.05) is 56.5 Å². The van der Waals surface area contributed by atoms with Gasteiger partial charge in [-0.25, -0.2) is 9.78 Å². The van der Waals surface area contributed by atoms with Gasteiger partial charge in [-0.05, 0) is 51.3 Å². The number of nitrogens with two attached hydrogens (primary N) is 1. The Balaban J connectivity index is 1.90. The number of fused-ring (bicyclic) bond motifs is 1. The van der Waals surface area contributed by atoms with Gasteiger partial charge in [0.1, 0.15) is 5.60 Å². The number of para-hydroxylation sites is 1. The molecule has 3 rings (SSSR count). The highest BCUT2D eigenvalue weighted by molar-refractivity contribution is 7.13. The lowest BCUT2D eigenvalue weighted by Gasteiger charge is -2.36. The van der Waals surface area contributed by atoms with E-state index in [4.69, 9.17) is 10.5 Å². The molecule has 1 aliphatic heterocycles. The molecular formula is C19H23N3O2S. The zero-order valence-corrected chi connectivity index (χ0v) is 15.5. The fourth-order valence-corrected chi connectivity index (χ4v) is 3.41. The van der Waals surface area contributed by atoms with Crippen molar-refractivity contribution in [1.29, 1.82) is 0 Å². The van der Waals surface area contributed by atoms with Crippen molar-refractivity contribution in [3.05, 3.63) is 47.0 Å². The van der Waals surface area contributed by atoms with Crippen molar-refractivity contribution in [2.45, 2.75) is 45.3 Å². The zero-order valence-electron chi connectivity index (χ0n) is 14.7. The maximum Gasteiger partial charge on any atom is 0.415 e. The molecule has 25 heavy (non-hydrogen) atoms. The number of amides is 1. The number of hydrogen-bond acceptors (Lipinski definition) is 5. The summed E-state index contributed by atoms with van der Waals surface area (Å²) in [6.45, 7) is 5.64. The van der Waals surface area contributed by atoms with Gasteiger partial charge < -0.3 is 10.5 Å². The van der Waals surface area contributed by atoms with Gasteiger partial charge in [-0.2, -0.15) is 0 Å². The van der Waals surface area contributed by atoms with Crippen LogP contribution in [0.25, 0.3) is 6.08 Å². The first-order valence-corrected chi connectivity index (χ1v) is 9.21. The van der Waals surface area contributed by atoms with Crippen LogP contribution in [0.15, 0.2) is 35.7 Å². The van der Waals surface area contributed by atoms with Crippen molar-refractivity contribution in [2.75, 3.05) is 10.6 Å². The normalized spacial score (nSPS) is 17.6. The first-order valence-electron chi connectivity index (χ1n) is 8.33. The molecule has 5 nitrogen and oxygen atoms in total. The Bertz CT molecular complexity index is 792. The van der Waals surface area contributed by atoms with Gasteiger partial charge in [0, 0.05) is 5.38 Å². The van der Waals surface area contributed by atoms with E-state index in [0.29, 0.717) is 5.13 Å². The van der Waals surface area contributed by atoms with Crippen LogP contribution in [0.4, 0.5) is 15.6 Å². The molecule has 2 heterocycles. The summed E-state index contributed by atoms with van der Waals surface area (Å²) in [4.78, 5) is 18.8. The Hall–Kier alpha value is -2.34. The number of aromatic nitrogens is 1. The average Bonchev–Trinajstić information content (AvgIpc) is 2.96. The van der Waals surface area contributed by atoms with E-state index in [-0.39, 0.29) is 12.1 Å². The van der Waals surface area contributed by atoms with E-state index in [1.54, 1.807) is 4.90 Å². The van der Waals surface area contributed by atoms with Crippen LogP contribution in [-0.4, -0.2) is 22.7 Å². The van der Waals surface area contributed by atoms with Crippen molar-refractivity contribution in [3.8, 4) is 0 Å². The van der Waals surface area contributed by atoms with Gasteiger partial charge in [0.15, 0.2) is 5.13 Å². The summed E-state index contributed by atoms with van der Waals surface area (Å²) in [5.41, 5.74) is 8.03. The molecule has 0 bridgehead atoms. The Morgan fingerprint density at radius 2 is 2.16 bits per heavy atom. The summed E-state index contributed by atoms with van der Waals surface area (Å²) in [5.74, 6) is 0. The average molecular weight is 357 g/mol. The second-order valence-corrected chi connectivity index (χ2v) is 7.94. The Morgan fingerprint density at radius 1 is 1.40 bits per heavy atom. The van der Waals surface area contributed by atoms with Crippen molar-refractivity contribution >= 4 is 34.3 Å². The molecule has 0 fully saturated rings. The van der Waals surface area contributed by atoms with Crippen LogP contribution >= 0.6 is 11.3 Å². The van der Waals surface area contributed by atoms with Gasteiger partial charge in [-0.1, -0.05) is 24.3 Å². The molecule has 1 aliphatic rings. The lowest BCUT2D eigenvalue weighted by atomic mass is 9.95. The number of aryl methyl sites for hydroxylation is 1. The maximum atomic E-state index is 12.8. The SMILES string of the molecule is CC(C)(C)OC(=O)N1c2ccccc2CCC1/C=C/c1csc(N)n1. The highest BCUT2D eigenvalue weighted by Gasteiger charge is 2.32. The molecular weight excluding hydrogens is 334 g/mol. The number of anilines is 2. The molecule has 0 saturated heterocycles. The number of benzene rings is 1. The molecule has 2 aromatic rings. The highest BCUT2D eigenvalue weighted by Crippen LogP contribution is 2.32. The highest BCUT2D eigenvalue weighted by atomic mass is 32.1. The van der Waals surface area contributed by atoms with Gasteiger partial charge in [-0.3, -0.25) is 4.90 Å². The standard InChI is InChI=1S/C19H23N3O2S/c1-19(2,3)24-18(23)22-15(11-9-14-12-25-17(20)21-14)10-8-13-6-4-5-7-16(13)22/h4-7,9,11-12,15H,8,10H2,1-3H3,(H2,20,21)/b11-9+. The minimum Gasteiger partial charge on any atom is -0.443 e. The molecule has 1 aromatic heterocycles. The summed E-state index contributed by atoms with van der Waals surface area (Å²) in [6, 6.07) is 7.91. The number of carbonyl (C=O) groups excluding carboxylic acids is 1. The minimum absolute atomic E-state index is 0.0762. The predicted molar refractivity (Wildman–Crippen MR) is 103 cm³/mol. The topological polar surface area (TPSA) is 68.5 Å². The Labute approximate surface area is 152 Å². The molecule has 0 saturated carbocycles. The van der Waals surface area contributed by atoms with E-state index >= 15 is 0 Å². The molecule has 1 amide bonds. The molecule has 0 radical (unpaired) electrons. The number of thiazole rings is 1. The maximum absolute atomic E-state index is 12.8. The summed E-state index contributed by atoms with van der Waals surface area (Å²) >= 11 is 1.40. The number of hydrogen-bond donors (Lipinski definition) is 1. The van der Waals surface area contributed by atoms with E-state index in [0.717, 1.165) is 29.8 Å². The van der Waals surface area contributed by atoms with Crippen LogP contribution in [0.3, 0.4) is 0 Å². The molecule has 2 N–H and O–H groups in total. The molecule has 132 valence electrons. The number of ether oxygens (including phenoxy) is 1. The summed E-state index contributed by atoms with van der Waals surface area (Å²) in [7, 11) is 0. The lowest BCUT2D eigenvalue weighted by Crippen LogP contribution is -2.45. The molecule has 1 unspecified atom stereocenters. The predicted octanol–water partition coefficient (Wildman–Crippen LogP) is 4.50. The Kier molecular flexibility index (Phi) is 4.81. The largest absolute Gasteiger partial charge is 0.443 e. The van der Waals surface area contributed by atoms with E-state index in [1.165, 1.54) is 11.3 Å². The minimum atomic E-state index is -0.541. The monoisotopic (exact) mass is 357 g/mol. The second-order valence-electron chi connectivity index (χ2n) is 7.05. The smallest absolute Gasteiger partial charge is 0.415 e. The number of rotatable bonds is 2. The van der Waals surface area contributed by atoms with E-state index in [9.17, 15) is 4.79 Å². The fraction of sp³-hybridized carbons (Fsp3) is 0.368. The van der Waals surface area contributed by atoms with E-state index in [2.05, 4.69) is 11.1 Å². The van der Waals surface area contributed by atoms with E-state index < -0.39 is 5.60 Å². The number of nitrogen functional groups attached to an aromatic ring is 1. The van der Waals surface area contributed by atoms with Gasteiger partial charge in [0.25, 0.3) is 0 Å².